The Morgan fingerprint density at radius 2 is 1.00 bits per heavy atom. The van der Waals surface area contributed by atoms with Crippen LogP contribution in [0.25, 0.3) is 0 Å². The number of ketones is 2. The number of allylic oxidation sites excluding steroid dienone is 2. The molecule has 1 aliphatic carbocycles. The summed E-state index contributed by atoms with van der Waals surface area (Å²) in [6, 6.07) is 12.4. The van der Waals surface area contributed by atoms with Gasteiger partial charge in [-0.05, 0) is 61.4 Å². The molecule has 166 valence electrons. The van der Waals surface area contributed by atoms with Crippen molar-refractivity contribution in [1.29, 1.82) is 0 Å². The van der Waals surface area contributed by atoms with Gasteiger partial charge in [-0.1, -0.05) is 35.4 Å². The molecule has 0 saturated heterocycles. The average Bonchev–Trinajstić information content (AvgIpc) is 2.81. The van der Waals surface area contributed by atoms with Crippen LogP contribution >= 0.6 is 23.2 Å². The number of carbonyl (C=O) groups excluding carboxylic acids is 4. The average molecular weight is 475 g/mol. The SMILES string of the molecule is O=C(COC(=O)[C@H]1CC=CC[C@H]1C(=O)OCC(=O)c1ccc(Cl)cc1)c1ccc(Cl)cc1. The van der Waals surface area contributed by atoms with Crippen LogP contribution in [0.1, 0.15) is 33.6 Å². The first-order valence-corrected chi connectivity index (χ1v) is 10.7. The highest BCUT2D eigenvalue weighted by Crippen LogP contribution is 2.28. The van der Waals surface area contributed by atoms with Gasteiger partial charge in [0, 0.05) is 21.2 Å². The van der Waals surface area contributed by atoms with E-state index in [9.17, 15) is 19.2 Å². The maximum absolute atomic E-state index is 12.6. The van der Waals surface area contributed by atoms with E-state index in [0.717, 1.165) is 0 Å². The first kappa shape index (κ1) is 23.7. The number of hydrogen-bond donors (Lipinski definition) is 0. The molecule has 0 aromatic heterocycles. The summed E-state index contributed by atoms with van der Waals surface area (Å²) in [5, 5.41) is 0.979. The number of Topliss-reactive ketones (excluding diaryl/α,β-unsaturated/α-hetero) is 2. The zero-order valence-corrected chi connectivity index (χ0v) is 18.5. The smallest absolute Gasteiger partial charge is 0.310 e. The van der Waals surface area contributed by atoms with Crippen molar-refractivity contribution >= 4 is 46.7 Å². The maximum Gasteiger partial charge on any atom is 0.310 e. The lowest BCUT2D eigenvalue weighted by atomic mass is 9.83. The number of rotatable bonds is 8. The summed E-state index contributed by atoms with van der Waals surface area (Å²) in [5.41, 5.74) is 0.727. The Hall–Kier alpha value is -2.96. The van der Waals surface area contributed by atoms with E-state index in [0.29, 0.717) is 21.2 Å². The van der Waals surface area contributed by atoms with Gasteiger partial charge in [-0.3, -0.25) is 19.2 Å². The van der Waals surface area contributed by atoms with Gasteiger partial charge < -0.3 is 9.47 Å². The Bertz CT molecular complexity index is 944. The molecule has 0 fully saturated rings. The summed E-state index contributed by atoms with van der Waals surface area (Å²) in [7, 11) is 0. The van der Waals surface area contributed by atoms with Crippen LogP contribution in [0.15, 0.2) is 60.7 Å². The topological polar surface area (TPSA) is 86.7 Å². The third-order valence-electron chi connectivity index (χ3n) is 5.06. The fraction of sp³-hybridized carbons (Fsp3) is 0.250. The van der Waals surface area contributed by atoms with E-state index in [2.05, 4.69) is 0 Å². The second-order valence-corrected chi connectivity index (χ2v) is 8.10. The Morgan fingerprint density at radius 1 is 0.656 bits per heavy atom. The molecule has 2 atom stereocenters. The van der Waals surface area contributed by atoms with Crippen LogP contribution < -0.4 is 0 Å². The minimum Gasteiger partial charge on any atom is -0.457 e. The molecular weight excluding hydrogens is 455 g/mol. The summed E-state index contributed by atoms with van der Waals surface area (Å²) in [4.78, 5) is 49.6. The van der Waals surface area contributed by atoms with E-state index in [1.165, 1.54) is 0 Å². The molecule has 0 bridgehead atoms. The number of benzene rings is 2. The number of ether oxygens (including phenoxy) is 2. The zero-order valence-electron chi connectivity index (χ0n) is 17.0. The second kappa shape index (κ2) is 11.1. The van der Waals surface area contributed by atoms with Gasteiger partial charge >= 0.3 is 11.9 Å². The van der Waals surface area contributed by atoms with Crippen LogP contribution in [-0.4, -0.2) is 36.7 Å². The van der Waals surface area contributed by atoms with Gasteiger partial charge in [0.1, 0.15) is 0 Å². The van der Waals surface area contributed by atoms with E-state index in [1.807, 2.05) is 0 Å². The standard InChI is InChI=1S/C24H20Cl2O6/c25-17-9-5-15(6-10-17)21(27)13-31-23(29)19-3-1-2-4-20(19)24(30)32-14-22(28)16-7-11-18(26)12-8-16/h1-2,5-12,19-20H,3-4,13-14H2/t19-,20+. The lowest BCUT2D eigenvalue weighted by molar-refractivity contribution is -0.159. The van der Waals surface area contributed by atoms with Crippen LogP contribution in [-0.2, 0) is 19.1 Å². The number of esters is 2. The van der Waals surface area contributed by atoms with Gasteiger partial charge in [0.05, 0.1) is 11.8 Å². The van der Waals surface area contributed by atoms with Crippen molar-refractivity contribution in [1.82, 2.24) is 0 Å². The van der Waals surface area contributed by atoms with Crippen LogP contribution in [0.4, 0.5) is 0 Å². The minimum absolute atomic E-state index is 0.277. The minimum atomic E-state index is -0.795. The highest BCUT2D eigenvalue weighted by molar-refractivity contribution is 6.31. The summed E-state index contributed by atoms with van der Waals surface area (Å²) >= 11 is 11.6. The molecule has 2 aromatic rings. The van der Waals surface area contributed by atoms with Crippen molar-refractivity contribution in [2.24, 2.45) is 11.8 Å². The highest BCUT2D eigenvalue weighted by Gasteiger charge is 2.36. The monoisotopic (exact) mass is 474 g/mol. The first-order chi connectivity index (χ1) is 15.3. The van der Waals surface area contributed by atoms with Gasteiger partial charge in [0.15, 0.2) is 24.8 Å². The predicted octanol–water partition coefficient (Wildman–Crippen LogP) is 4.73. The molecule has 8 heteroatoms. The molecule has 32 heavy (non-hydrogen) atoms. The van der Waals surface area contributed by atoms with Crippen molar-refractivity contribution in [3.63, 3.8) is 0 Å². The van der Waals surface area contributed by atoms with Crippen LogP contribution in [0.2, 0.25) is 10.0 Å². The lowest BCUT2D eigenvalue weighted by Crippen LogP contribution is -2.35. The van der Waals surface area contributed by atoms with Gasteiger partial charge in [-0.25, -0.2) is 0 Å². The summed E-state index contributed by atoms with van der Waals surface area (Å²) in [6.07, 6.45) is 4.10. The molecule has 0 spiro atoms. The van der Waals surface area contributed by atoms with Gasteiger partial charge in [-0.15, -0.1) is 0 Å². The zero-order chi connectivity index (χ0) is 23.1. The molecule has 0 unspecified atom stereocenters. The summed E-state index contributed by atoms with van der Waals surface area (Å²) in [6.45, 7) is -0.894. The van der Waals surface area contributed by atoms with Crippen molar-refractivity contribution < 1.29 is 28.7 Å². The quantitative estimate of drug-likeness (QED) is 0.312. The molecule has 1 aliphatic rings. The predicted molar refractivity (Wildman–Crippen MR) is 119 cm³/mol. The summed E-state index contributed by atoms with van der Waals surface area (Å²) < 4.78 is 10.3. The molecular formula is C24H20Cl2O6. The molecule has 0 saturated carbocycles. The van der Waals surface area contributed by atoms with Crippen LogP contribution in [0.3, 0.4) is 0 Å². The van der Waals surface area contributed by atoms with Gasteiger partial charge in [-0.2, -0.15) is 0 Å². The second-order valence-electron chi connectivity index (χ2n) is 7.23. The molecule has 0 heterocycles. The van der Waals surface area contributed by atoms with Gasteiger partial charge in [0.25, 0.3) is 0 Å². The van der Waals surface area contributed by atoms with E-state index in [4.69, 9.17) is 32.7 Å². The molecule has 2 aromatic carbocycles. The molecule has 0 aliphatic heterocycles. The molecule has 6 nitrogen and oxygen atoms in total. The van der Waals surface area contributed by atoms with E-state index >= 15 is 0 Å². The van der Waals surface area contributed by atoms with Gasteiger partial charge in [0.2, 0.25) is 0 Å². The summed E-state index contributed by atoms with van der Waals surface area (Å²) in [5.74, 6) is -3.68. The molecule has 0 N–H and O–H groups in total. The fourth-order valence-electron chi connectivity index (χ4n) is 3.26. The number of halogens is 2. The van der Waals surface area contributed by atoms with Crippen molar-refractivity contribution in [2.75, 3.05) is 13.2 Å². The number of carbonyl (C=O) groups is 4. The molecule has 3 rings (SSSR count). The van der Waals surface area contributed by atoms with E-state index in [1.54, 1.807) is 60.7 Å². The van der Waals surface area contributed by atoms with Crippen molar-refractivity contribution in [3.8, 4) is 0 Å². The largest absolute Gasteiger partial charge is 0.457 e. The third kappa shape index (κ3) is 6.28. The Morgan fingerprint density at radius 3 is 1.34 bits per heavy atom. The number of hydrogen-bond acceptors (Lipinski definition) is 6. The van der Waals surface area contributed by atoms with Crippen LogP contribution in [0, 0.1) is 11.8 Å². The molecule has 0 radical (unpaired) electrons. The maximum atomic E-state index is 12.6. The normalized spacial score (nSPS) is 17.4. The third-order valence-corrected chi connectivity index (χ3v) is 5.57. The Balaban J connectivity index is 1.55. The van der Waals surface area contributed by atoms with E-state index < -0.39 is 37.0 Å². The first-order valence-electron chi connectivity index (χ1n) is 9.91. The van der Waals surface area contributed by atoms with Crippen LogP contribution in [0.5, 0.6) is 0 Å². The molecule has 0 amide bonds. The lowest BCUT2D eigenvalue weighted by Gasteiger charge is -2.25. The van der Waals surface area contributed by atoms with E-state index in [-0.39, 0.29) is 24.4 Å². The highest BCUT2D eigenvalue weighted by atomic mass is 35.5. The Labute approximate surface area is 195 Å². The van der Waals surface area contributed by atoms with Crippen molar-refractivity contribution in [3.05, 3.63) is 81.9 Å². The Kier molecular flexibility index (Phi) is 8.20. The fourth-order valence-corrected chi connectivity index (χ4v) is 3.51. The van der Waals surface area contributed by atoms with Crippen molar-refractivity contribution in [2.45, 2.75) is 12.8 Å².